The van der Waals surface area contributed by atoms with Gasteiger partial charge in [0, 0.05) is 11.6 Å². The average Bonchev–Trinajstić information content (AvgIpc) is 3.15. The first-order valence-electron chi connectivity index (χ1n) is 9.66. The predicted molar refractivity (Wildman–Crippen MR) is 121 cm³/mol. The number of nitrogens with zero attached hydrogens (tertiary/aromatic N) is 2. The van der Waals surface area contributed by atoms with Gasteiger partial charge >= 0.3 is 11.9 Å². The lowest BCUT2D eigenvalue weighted by Gasteiger charge is -2.05. The molecule has 0 radical (unpaired) electrons. The molecule has 0 aromatic heterocycles. The third kappa shape index (κ3) is 4.97. The zero-order valence-corrected chi connectivity index (χ0v) is 17.9. The van der Waals surface area contributed by atoms with Crippen molar-refractivity contribution < 1.29 is 24.0 Å². The molecule has 0 fully saturated rings. The molecule has 33 heavy (non-hydrogen) atoms. The molecule has 0 atom stereocenters. The van der Waals surface area contributed by atoms with E-state index in [1.165, 1.54) is 24.3 Å². The third-order valence-corrected chi connectivity index (χ3v) is 4.98. The van der Waals surface area contributed by atoms with Crippen LogP contribution in [0.1, 0.15) is 27.0 Å². The highest BCUT2D eigenvalue weighted by Crippen LogP contribution is 2.28. The summed E-state index contributed by atoms with van der Waals surface area (Å²) in [7, 11) is 0. The van der Waals surface area contributed by atoms with E-state index in [1.54, 1.807) is 42.5 Å². The summed E-state index contributed by atoms with van der Waals surface area (Å²) >= 11 is 5.82. The van der Waals surface area contributed by atoms with E-state index in [1.807, 2.05) is 13.0 Å². The van der Waals surface area contributed by atoms with Crippen molar-refractivity contribution in [1.82, 2.24) is 0 Å². The summed E-state index contributed by atoms with van der Waals surface area (Å²) in [6, 6.07) is 17.6. The Morgan fingerprint density at radius 1 is 1.12 bits per heavy atom. The van der Waals surface area contributed by atoms with E-state index < -0.39 is 16.9 Å². The molecule has 9 heteroatoms. The second-order valence-corrected chi connectivity index (χ2v) is 7.49. The van der Waals surface area contributed by atoms with Crippen LogP contribution in [0.25, 0.3) is 6.08 Å². The molecule has 0 bridgehead atoms. The Hall–Kier alpha value is -4.30. The van der Waals surface area contributed by atoms with Crippen LogP contribution in [0.15, 0.2) is 77.4 Å². The first-order valence-corrected chi connectivity index (χ1v) is 10.0. The second-order valence-electron chi connectivity index (χ2n) is 7.09. The fraction of sp³-hybridized carbons (Fsp3) is 0.0417. The van der Waals surface area contributed by atoms with Crippen LogP contribution in [0, 0.1) is 17.0 Å². The molecule has 164 valence electrons. The fourth-order valence-electron chi connectivity index (χ4n) is 3.05. The molecule has 0 amide bonds. The number of aliphatic imine (C=N–C) groups is 1. The molecule has 0 spiro atoms. The number of halogens is 1. The average molecular weight is 463 g/mol. The van der Waals surface area contributed by atoms with Gasteiger partial charge in [0.1, 0.15) is 10.8 Å². The van der Waals surface area contributed by atoms with Crippen LogP contribution >= 0.6 is 11.6 Å². The minimum Gasteiger partial charge on any atom is -0.423 e. The normalized spacial score (nSPS) is 14.1. The summed E-state index contributed by atoms with van der Waals surface area (Å²) in [4.78, 5) is 39.1. The van der Waals surface area contributed by atoms with Crippen molar-refractivity contribution >= 4 is 41.2 Å². The summed E-state index contributed by atoms with van der Waals surface area (Å²) in [6.07, 6.45) is 1.49. The van der Waals surface area contributed by atoms with E-state index in [0.29, 0.717) is 16.9 Å². The highest BCUT2D eigenvalue weighted by Gasteiger charge is 2.26. The van der Waals surface area contributed by atoms with Crippen LogP contribution in [-0.2, 0) is 9.53 Å². The fourth-order valence-corrected chi connectivity index (χ4v) is 3.23. The monoisotopic (exact) mass is 462 g/mol. The number of nitro benzene ring substituents is 1. The first kappa shape index (κ1) is 21.9. The Balaban J connectivity index is 1.51. The number of esters is 2. The molecule has 0 saturated heterocycles. The summed E-state index contributed by atoms with van der Waals surface area (Å²) in [5, 5.41) is 11.0. The summed E-state index contributed by atoms with van der Waals surface area (Å²) < 4.78 is 10.5. The number of carbonyl (C=O) groups is 2. The van der Waals surface area contributed by atoms with Crippen molar-refractivity contribution in [3.8, 4) is 5.75 Å². The number of nitro groups is 1. The van der Waals surface area contributed by atoms with Crippen LogP contribution in [0.4, 0.5) is 5.69 Å². The Morgan fingerprint density at radius 3 is 2.58 bits per heavy atom. The van der Waals surface area contributed by atoms with Crippen LogP contribution < -0.4 is 4.74 Å². The lowest BCUT2D eigenvalue weighted by Crippen LogP contribution is -2.08. The van der Waals surface area contributed by atoms with Gasteiger partial charge in [-0.15, -0.1) is 0 Å². The second kappa shape index (κ2) is 9.05. The maximum absolute atomic E-state index is 12.3. The number of hydrogen-bond acceptors (Lipinski definition) is 7. The van der Waals surface area contributed by atoms with Crippen LogP contribution in [0.2, 0.25) is 5.02 Å². The minimum absolute atomic E-state index is 0.0205. The lowest BCUT2D eigenvalue weighted by atomic mass is 10.1. The molecule has 0 saturated carbocycles. The quantitative estimate of drug-likeness (QED) is 0.171. The van der Waals surface area contributed by atoms with E-state index in [0.717, 1.165) is 5.56 Å². The van der Waals surface area contributed by atoms with Crippen LogP contribution in [-0.4, -0.2) is 22.8 Å². The Bertz CT molecular complexity index is 1350. The Morgan fingerprint density at radius 2 is 1.88 bits per heavy atom. The van der Waals surface area contributed by atoms with Gasteiger partial charge in [-0.25, -0.2) is 14.6 Å². The molecule has 1 aliphatic rings. The summed E-state index contributed by atoms with van der Waals surface area (Å²) in [6.45, 7) is 1.88. The maximum atomic E-state index is 12.3. The first-order chi connectivity index (χ1) is 15.8. The van der Waals surface area contributed by atoms with E-state index >= 15 is 0 Å². The zero-order valence-electron chi connectivity index (χ0n) is 17.2. The topological polar surface area (TPSA) is 108 Å². The number of rotatable bonds is 5. The van der Waals surface area contributed by atoms with E-state index in [2.05, 4.69) is 4.99 Å². The molecule has 1 aliphatic heterocycles. The van der Waals surface area contributed by atoms with Crippen LogP contribution in [0.5, 0.6) is 5.75 Å². The molecular weight excluding hydrogens is 448 g/mol. The van der Waals surface area contributed by atoms with Gasteiger partial charge in [-0.3, -0.25) is 10.1 Å². The highest BCUT2D eigenvalue weighted by molar-refractivity contribution is 6.32. The summed E-state index contributed by atoms with van der Waals surface area (Å²) in [5.74, 6) is -0.891. The van der Waals surface area contributed by atoms with Gasteiger partial charge in [-0.2, -0.15) is 0 Å². The van der Waals surface area contributed by atoms with Crippen molar-refractivity contribution in [2.75, 3.05) is 0 Å². The summed E-state index contributed by atoms with van der Waals surface area (Å²) in [5.41, 5.74) is 1.96. The van der Waals surface area contributed by atoms with Gasteiger partial charge in [0.05, 0.1) is 10.5 Å². The predicted octanol–water partition coefficient (Wildman–Crippen LogP) is 5.12. The number of aryl methyl sites for hydroxylation is 1. The van der Waals surface area contributed by atoms with Gasteiger partial charge in [0.25, 0.3) is 5.69 Å². The molecular formula is C24H15ClN2O6. The van der Waals surface area contributed by atoms with Crippen molar-refractivity contribution in [1.29, 1.82) is 0 Å². The van der Waals surface area contributed by atoms with Crippen molar-refractivity contribution in [2.45, 2.75) is 6.92 Å². The maximum Gasteiger partial charge on any atom is 0.363 e. The van der Waals surface area contributed by atoms with E-state index in [4.69, 9.17) is 21.1 Å². The van der Waals surface area contributed by atoms with E-state index in [-0.39, 0.29) is 27.9 Å². The van der Waals surface area contributed by atoms with Crippen LogP contribution in [0.3, 0.4) is 0 Å². The van der Waals surface area contributed by atoms with Crippen molar-refractivity contribution in [3.05, 3.63) is 110 Å². The van der Waals surface area contributed by atoms with Gasteiger partial charge in [0.15, 0.2) is 5.70 Å². The Labute approximate surface area is 192 Å². The minimum atomic E-state index is -0.697. The molecule has 0 unspecified atom stereocenters. The molecule has 0 aliphatic carbocycles. The number of hydrogen-bond donors (Lipinski definition) is 0. The number of carbonyl (C=O) groups excluding carboxylic acids is 2. The molecule has 4 rings (SSSR count). The number of benzene rings is 3. The standard InChI is InChI=1S/C24H15ClN2O6/c1-14-3-2-4-17(11-14)23(28)32-18-8-5-15(6-9-18)12-20-24(29)33-22(26-20)16-7-10-19(25)21(13-16)27(30)31/h2-13H,1H3/b20-12-. The largest absolute Gasteiger partial charge is 0.423 e. The zero-order chi connectivity index (χ0) is 23.5. The smallest absolute Gasteiger partial charge is 0.363 e. The van der Waals surface area contributed by atoms with Gasteiger partial charge in [-0.05, 0) is 55.0 Å². The highest BCUT2D eigenvalue weighted by atomic mass is 35.5. The Kier molecular flexibility index (Phi) is 6.01. The SMILES string of the molecule is Cc1cccc(C(=O)Oc2ccc(/C=C3\N=C(c4ccc(Cl)c([N+](=O)[O-])c4)OC3=O)cc2)c1. The van der Waals surface area contributed by atoms with Crippen molar-refractivity contribution in [3.63, 3.8) is 0 Å². The molecule has 3 aromatic rings. The van der Waals surface area contributed by atoms with Gasteiger partial charge < -0.3 is 9.47 Å². The van der Waals surface area contributed by atoms with Gasteiger partial charge in [0.2, 0.25) is 5.90 Å². The lowest BCUT2D eigenvalue weighted by molar-refractivity contribution is -0.384. The van der Waals surface area contributed by atoms with Crippen molar-refractivity contribution in [2.24, 2.45) is 4.99 Å². The number of ether oxygens (including phenoxy) is 2. The third-order valence-electron chi connectivity index (χ3n) is 4.66. The molecule has 3 aromatic carbocycles. The number of cyclic esters (lactones) is 1. The molecule has 8 nitrogen and oxygen atoms in total. The van der Waals surface area contributed by atoms with E-state index in [9.17, 15) is 19.7 Å². The molecule has 1 heterocycles. The van der Waals surface area contributed by atoms with Gasteiger partial charge in [-0.1, -0.05) is 41.4 Å². The molecule has 0 N–H and O–H groups in total.